The van der Waals surface area contributed by atoms with Gasteiger partial charge < -0.3 is 4.74 Å². The highest BCUT2D eigenvalue weighted by atomic mass is 16.5. The Morgan fingerprint density at radius 2 is 2.17 bits per heavy atom. The molecule has 62 valence electrons. The molecule has 0 heterocycles. The van der Waals surface area contributed by atoms with E-state index in [0.29, 0.717) is 0 Å². The van der Waals surface area contributed by atoms with Crippen molar-refractivity contribution in [1.29, 1.82) is 5.26 Å². The van der Waals surface area contributed by atoms with Gasteiger partial charge in [-0.05, 0) is 31.0 Å². The Morgan fingerprint density at radius 3 is 2.83 bits per heavy atom. The van der Waals surface area contributed by atoms with Crippen molar-refractivity contribution in [3.8, 4) is 11.8 Å². The highest BCUT2D eigenvalue weighted by Gasteiger charge is 1.97. The average molecular weight is 161 g/mol. The largest absolute Gasteiger partial charge is 0.478 e. The summed E-state index contributed by atoms with van der Waals surface area (Å²) in [5.41, 5.74) is 2.21. The van der Waals surface area contributed by atoms with E-state index in [-0.39, 0.29) is 6.61 Å². The molecule has 2 heteroatoms. The van der Waals surface area contributed by atoms with Gasteiger partial charge in [0.1, 0.15) is 11.8 Å². The number of hydrogen-bond donors (Lipinski definition) is 0. The maximum Gasteiger partial charge on any atom is 0.174 e. The van der Waals surface area contributed by atoms with Crippen LogP contribution in [0, 0.1) is 25.2 Å². The summed E-state index contributed by atoms with van der Waals surface area (Å²) in [6.45, 7) is 4.08. The number of hydrogen-bond acceptors (Lipinski definition) is 2. The second kappa shape index (κ2) is 3.77. The third-order valence-corrected chi connectivity index (χ3v) is 1.64. The summed E-state index contributed by atoms with van der Waals surface area (Å²) in [5, 5.41) is 8.31. The second-order valence-electron chi connectivity index (χ2n) is 2.72. The Kier molecular flexibility index (Phi) is 2.71. The van der Waals surface area contributed by atoms with Gasteiger partial charge in [-0.1, -0.05) is 12.1 Å². The van der Waals surface area contributed by atoms with Gasteiger partial charge in [-0.25, -0.2) is 0 Å². The van der Waals surface area contributed by atoms with Gasteiger partial charge in [0, 0.05) is 0 Å². The first-order chi connectivity index (χ1) is 5.74. The molecular formula is C10H11NO. The Bertz CT molecular complexity index is 312. The maximum absolute atomic E-state index is 8.31. The number of benzene rings is 1. The third-order valence-electron chi connectivity index (χ3n) is 1.64. The van der Waals surface area contributed by atoms with Crippen LogP contribution in [0.4, 0.5) is 0 Å². The zero-order valence-electron chi connectivity index (χ0n) is 7.29. The van der Waals surface area contributed by atoms with Crippen LogP contribution in [0.15, 0.2) is 18.2 Å². The van der Waals surface area contributed by atoms with Gasteiger partial charge in [-0.3, -0.25) is 0 Å². The molecule has 0 spiro atoms. The van der Waals surface area contributed by atoms with E-state index >= 15 is 0 Å². The Balaban J connectivity index is 2.84. The SMILES string of the molecule is Cc1ccc(C)c(OCC#N)c1. The van der Waals surface area contributed by atoms with Crippen LogP contribution in [0.2, 0.25) is 0 Å². The van der Waals surface area contributed by atoms with Gasteiger partial charge in [-0.2, -0.15) is 5.26 Å². The van der Waals surface area contributed by atoms with Crippen LogP contribution in [0.1, 0.15) is 11.1 Å². The number of nitriles is 1. The van der Waals surface area contributed by atoms with E-state index in [2.05, 4.69) is 0 Å². The third kappa shape index (κ3) is 2.00. The molecular weight excluding hydrogens is 150 g/mol. The zero-order valence-corrected chi connectivity index (χ0v) is 7.29. The second-order valence-corrected chi connectivity index (χ2v) is 2.72. The molecule has 0 fully saturated rings. The molecule has 2 nitrogen and oxygen atoms in total. The lowest BCUT2D eigenvalue weighted by Crippen LogP contribution is -1.95. The number of rotatable bonds is 2. The lowest BCUT2D eigenvalue weighted by molar-refractivity contribution is 0.365. The molecule has 0 aliphatic heterocycles. The molecule has 0 aliphatic carbocycles. The van der Waals surface area contributed by atoms with Gasteiger partial charge in [-0.15, -0.1) is 0 Å². The van der Waals surface area contributed by atoms with Gasteiger partial charge in [0.05, 0.1) is 0 Å². The topological polar surface area (TPSA) is 33.0 Å². The molecule has 1 aromatic carbocycles. The fourth-order valence-electron chi connectivity index (χ4n) is 0.973. The fraction of sp³-hybridized carbons (Fsp3) is 0.300. The summed E-state index contributed by atoms with van der Waals surface area (Å²) in [7, 11) is 0. The predicted octanol–water partition coefficient (Wildman–Crippen LogP) is 2.21. The number of aryl methyl sites for hydroxylation is 2. The molecule has 0 amide bonds. The summed E-state index contributed by atoms with van der Waals surface area (Å²) >= 11 is 0. The van der Waals surface area contributed by atoms with Gasteiger partial charge in [0.2, 0.25) is 0 Å². The summed E-state index contributed by atoms with van der Waals surface area (Å²) in [6.07, 6.45) is 0. The van der Waals surface area contributed by atoms with Gasteiger partial charge >= 0.3 is 0 Å². The van der Waals surface area contributed by atoms with Crippen LogP contribution in [0.25, 0.3) is 0 Å². The first-order valence-corrected chi connectivity index (χ1v) is 3.81. The minimum absolute atomic E-state index is 0.115. The lowest BCUT2D eigenvalue weighted by Gasteiger charge is -2.05. The Morgan fingerprint density at radius 1 is 1.42 bits per heavy atom. The Labute approximate surface area is 72.4 Å². The molecule has 0 bridgehead atoms. The highest BCUT2D eigenvalue weighted by molar-refractivity contribution is 5.36. The van der Waals surface area contributed by atoms with E-state index in [1.807, 2.05) is 38.1 Å². The minimum Gasteiger partial charge on any atom is -0.478 e. The molecule has 0 atom stereocenters. The predicted molar refractivity (Wildman–Crippen MR) is 47.0 cm³/mol. The van der Waals surface area contributed by atoms with Crippen molar-refractivity contribution in [3.63, 3.8) is 0 Å². The maximum atomic E-state index is 8.31. The van der Waals surface area contributed by atoms with Crippen LogP contribution in [0.5, 0.6) is 5.75 Å². The van der Waals surface area contributed by atoms with Crippen LogP contribution in [0.3, 0.4) is 0 Å². The van der Waals surface area contributed by atoms with E-state index in [9.17, 15) is 0 Å². The van der Waals surface area contributed by atoms with Crippen LogP contribution in [-0.4, -0.2) is 6.61 Å². The summed E-state index contributed by atoms with van der Waals surface area (Å²) in [5.74, 6) is 0.802. The molecule has 0 radical (unpaired) electrons. The smallest absolute Gasteiger partial charge is 0.174 e. The number of nitrogens with zero attached hydrogens (tertiary/aromatic N) is 1. The molecule has 12 heavy (non-hydrogen) atoms. The molecule has 0 aromatic heterocycles. The Hall–Kier alpha value is -1.49. The fourth-order valence-corrected chi connectivity index (χ4v) is 0.973. The van der Waals surface area contributed by atoms with Crippen molar-refractivity contribution in [3.05, 3.63) is 29.3 Å². The monoisotopic (exact) mass is 161 g/mol. The van der Waals surface area contributed by atoms with E-state index in [1.54, 1.807) is 0 Å². The van der Waals surface area contributed by atoms with Gasteiger partial charge in [0.15, 0.2) is 6.61 Å². The summed E-state index contributed by atoms with van der Waals surface area (Å²) in [6, 6.07) is 7.89. The zero-order chi connectivity index (χ0) is 8.97. The minimum atomic E-state index is 0.115. The van der Waals surface area contributed by atoms with E-state index < -0.39 is 0 Å². The van der Waals surface area contributed by atoms with Crippen molar-refractivity contribution >= 4 is 0 Å². The highest BCUT2D eigenvalue weighted by Crippen LogP contribution is 2.18. The van der Waals surface area contributed by atoms with Crippen LogP contribution in [-0.2, 0) is 0 Å². The van der Waals surface area contributed by atoms with Crippen molar-refractivity contribution in [2.75, 3.05) is 6.61 Å². The van der Waals surface area contributed by atoms with Crippen LogP contribution >= 0.6 is 0 Å². The lowest BCUT2D eigenvalue weighted by atomic mass is 10.1. The first-order valence-electron chi connectivity index (χ1n) is 3.81. The average Bonchev–Trinajstić information content (AvgIpc) is 2.07. The molecule has 1 aromatic rings. The molecule has 1 rings (SSSR count). The quantitative estimate of drug-likeness (QED) is 0.666. The van der Waals surface area contributed by atoms with Gasteiger partial charge in [0.25, 0.3) is 0 Å². The summed E-state index contributed by atoms with van der Waals surface area (Å²) in [4.78, 5) is 0. The summed E-state index contributed by atoms with van der Waals surface area (Å²) < 4.78 is 5.21. The molecule has 0 aliphatic rings. The molecule has 0 saturated carbocycles. The van der Waals surface area contributed by atoms with E-state index in [1.165, 1.54) is 0 Å². The van der Waals surface area contributed by atoms with Crippen molar-refractivity contribution < 1.29 is 4.74 Å². The van der Waals surface area contributed by atoms with Crippen LogP contribution < -0.4 is 4.74 Å². The molecule has 0 saturated heterocycles. The molecule has 0 unspecified atom stereocenters. The van der Waals surface area contributed by atoms with Crippen molar-refractivity contribution in [2.24, 2.45) is 0 Å². The van der Waals surface area contributed by atoms with E-state index in [4.69, 9.17) is 10.00 Å². The van der Waals surface area contributed by atoms with Crippen molar-refractivity contribution in [1.82, 2.24) is 0 Å². The standard InChI is InChI=1S/C10H11NO/c1-8-3-4-9(2)10(7-8)12-6-5-11/h3-4,7H,6H2,1-2H3. The number of ether oxygens (including phenoxy) is 1. The first kappa shape index (κ1) is 8.61. The van der Waals surface area contributed by atoms with E-state index in [0.717, 1.165) is 16.9 Å². The van der Waals surface area contributed by atoms with Crippen molar-refractivity contribution in [2.45, 2.75) is 13.8 Å². The normalized spacial score (nSPS) is 9.08. The molecule has 0 N–H and O–H groups in total.